The van der Waals surface area contributed by atoms with Gasteiger partial charge in [-0.3, -0.25) is 0 Å². The molecule has 0 atom stereocenters. The van der Waals surface area contributed by atoms with Gasteiger partial charge in [-0.15, -0.1) is 5.10 Å². The molecule has 0 aliphatic heterocycles. The van der Waals surface area contributed by atoms with Crippen molar-refractivity contribution in [2.24, 2.45) is 0 Å². The summed E-state index contributed by atoms with van der Waals surface area (Å²) in [6.45, 7) is 6.06. The number of hydrogen-bond donors (Lipinski definition) is 2. The van der Waals surface area contributed by atoms with Gasteiger partial charge in [0.15, 0.2) is 17.5 Å². The van der Waals surface area contributed by atoms with Crippen molar-refractivity contribution < 1.29 is 8.78 Å². The standard InChI is InChI=1S/C18H17F2N5/c1-10-6-11(2)17(12(3)7-10)23-16-9-21-25-18(24-16)22-13-4-5-14(19)15(20)8-13/h4-9H,1-3H3,(H2,22,23,24,25). The summed E-state index contributed by atoms with van der Waals surface area (Å²) in [5.41, 5.74) is 4.64. The Kier molecular flexibility index (Phi) is 4.56. The van der Waals surface area contributed by atoms with E-state index in [1.165, 1.54) is 17.8 Å². The summed E-state index contributed by atoms with van der Waals surface area (Å²) in [4.78, 5) is 4.31. The molecule has 2 aromatic carbocycles. The molecular formula is C18H17F2N5. The minimum absolute atomic E-state index is 0.179. The molecule has 128 valence electrons. The van der Waals surface area contributed by atoms with E-state index in [-0.39, 0.29) is 5.95 Å². The van der Waals surface area contributed by atoms with Crippen LogP contribution >= 0.6 is 0 Å². The first kappa shape index (κ1) is 16.8. The highest BCUT2D eigenvalue weighted by atomic mass is 19.2. The number of hydrogen-bond acceptors (Lipinski definition) is 5. The number of aromatic nitrogens is 3. The molecule has 0 saturated carbocycles. The van der Waals surface area contributed by atoms with E-state index >= 15 is 0 Å². The first-order valence-corrected chi connectivity index (χ1v) is 7.69. The lowest BCUT2D eigenvalue weighted by molar-refractivity contribution is 0.509. The fourth-order valence-corrected chi connectivity index (χ4v) is 2.62. The van der Waals surface area contributed by atoms with Crippen LogP contribution in [0.3, 0.4) is 0 Å². The molecule has 5 nitrogen and oxygen atoms in total. The lowest BCUT2D eigenvalue weighted by atomic mass is 10.1. The van der Waals surface area contributed by atoms with Crippen molar-refractivity contribution >= 4 is 23.1 Å². The van der Waals surface area contributed by atoms with Gasteiger partial charge in [-0.05, 0) is 44.0 Å². The van der Waals surface area contributed by atoms with E-state index in [9.17, 15) is 8.78 Å². The Balaban J connectivity index is 1.83. The molecule has 25 heavy (non-hydrogen) atoms. The summed E-state index contributed by atoms with van der Waals surface area (Å²) in [6.07, 6.45) is 1.50. The van der Waals surface area contributed by atoms with Gasteiger partial charge in [0, 0.05) is 17.4 Å². The van der Waals surface area contributed by atoms with Crippen LogP contribution in [0.15, 0.2) is 36.5 Å². The van der Waals surface area contributed by atoms with Crippen LogP contribution in [0.2, 0.25) is 0 Å². The Labute approximate surface area is 144 Å². The molecule has 3 rings (SSSR count). The smallest absolute Gasteiger partial charge is 0.249 e. The molecule has 3 aromatic rings. The summed E-state index contributed by atoms with van der Waals surface area (Å²) in [5.74, 6) is -1.18. The minimum Gasteiger partial charge on any atom is -0.338 e. The van der Waals surface area contributed by atoms with Crippen molar-refractivity contribution in [3.8, 4) is 0 Å². The average molecular weight is 341 g/mol. The van der Waals surface area contributed by atoms with Crippen LogP contribution < -0.4 is 10.6 Å². The molecule has 0 unspecified atom stereocenters. The maximum atomic E-state index is 13.3. The fourth-order valence-electron chi connectivity index (χ4n) is 2.62. The maximum absolute atomic E-state index is 13.3. The van der Waals surface area contributed by atoms with Gasteiger partial charge in [0.05, 0.1) is 6.20 Å². The predicted molar refractivity (Wildman–Crippen MR) is 93.4 cm³/mol. The van der Waals surface area contributed by atoms with Gasteiger partial charge in [0.25, 0.3) is 0 Å². The number of nitrogens with zero attached hydrogens (tertiary/aromatic N) is 3. The number of anilines is 4. The van der Waals surface area contributed by atoms with Crippen molar-refractivity contribution in [1.82, 2.24) is 15.2 Å². The Hall–Kier alpha value is -3.09. The lowest BCUT2D eigenvalue weighted by Gasteiger charge is -2.13. The van der Waals surface area contributed by atoms with Gasteiger partial charge in [0.2, 0.25) is 5.95 Å². The largest absolute Gasteiger partial charge is 0.338 e. The number of halogens is 2. The van der Waals surface area contributed by atoms with Crippen molar-refractivity contribution in [3.05, 3.63) is 64.9 Å². The Morgan fingerprint density at radius 3 is 2.28 bits per heavy atom. The van der Waals surface area contributed by atoms with Gasteiger partial charge in [-0.1, -0.05) is 17.7 Å². The second kappa shape index (κ2) is 6.80. The second-order valence-corrected chi connectivity index (χ2v) is 5.82. The number of nitrogens with one attached hydrogen (secondary N) is 2. The van der Waals surface area contributed by atoms with Gasteiger partial charge < -0.3 is 10.6 Å². The van der Waals surface area contributed by atoms with E-state index in [4.69, 9.17) is 0 Å². The third-order valence-electron chi connectivity index (χ3n) is 3.66. The Morgan fingerprint density at radius 1 is 0.880 bits per heavy atom. The van der Waals surface area contributed by atoms with Crippen LogP contribution in [-0.2, 0) is 0 Å². The molecule has 0 aliphatic carbocycles. The highest BCUT2D eigenvalue weighted by molar-refractivity contribution is 5.65. The van der Waals surface area contributed by atoms with E-state index in [0.29, 0.717) is 11.5 Å². The summed E-state index contributed by atoms with van der Waals surface area (Å²) in [5, 5.41) is 13.8. The summed E-state index contributed by atoms with van der Waals surface area (Å²) < 4.78 is 26.3. The molecular weight excluding hydrogens is 324 g/mol. The lowest BCUT2D eigenvalue weighted by Crippen LogP contribution is -2.04. The highest BCUT2D eigenvalue weighted by Crippen LogP contribution is 2.25. The zero-order chi connectivity index (χ0) is 18.0. The molecule has 0 aliphatic rings. The van der Waals surface area contributed by atoms with Gasteiger partial charge in [-0.2, -0.15) is 10.1 Å². The zero-order valence-corrected chi connectivity index (χ0v) is 14.1. The second-order valence-electron chi connectivity index (χ2n) is 5.82. The van der Waals surface area contributed by atoms with E-state index < -0.39 is 11.6 Å². The molecule has 0 saturated heterocycles. The van der Waals surface area contributed by atoms with Gasteiger partial charge in [-0.25, -0.2) is 8.78 Å². The molecule has 0 bridgehead atoms. The van der Waals surface area contributed by atoms with E-state index in [1.54, 1.807) is 0 Å². The molecule has 2 N–H and O–H groups in total. The van der Waals surface area contributed by atoms with Crippen LogP contribution in [0.5, 0.6) is 0 Å². The minimum atomic E-state index is -0.946. The van der Waals surface area contributed by atoms with Crippen LogP contribution in [0.1, 0.15) is 16.7 Å². The summed E-state index contributed by atoms with van der Waals surface area (Å²) in [6, 6.07) is 7.62. The number of aryl methyl sites for hydroxylation is 3. The topological polar surface area (TPSA) is 62.7 Å². The molecule has 0 spiro atoms. The van der Waals surface area contributed by atoms with Crippen LogP contribution in [0.4, 0.5) is 31.9 Å². The van der Waals surface area contributed by atoms with Crippen molar-refractivity contribution in [2.45, 2.75) is 20.8 Å². The summed E-state index contributed by atoms with van der Waals surface area (Å²) >= 11 is 0. The molecule has 0 radical (unpaired) electrons. The predicted octanol–water partition coefficient (Wildman–Crippen LogP) is 4.56. The van der Waals surface area contributed by atoms with Crippen LogP contribution in [-0.4, -0.2) is 15.2 Å². The van der Waals surface area contributed by atoms with Crippen molar-refractivity contribution in [2.75, 3.05) is 10.6 Å². The SMILES string of the molecule is Cc1cc(C)c(Nc2cnnc(Nc3ccc(F)c(F)c3)n2)c(C)c1. The monoisotopic (exact) mass is 341 g/mol. The van der Waals surface area contributed by atoms with E-state index in [0.717, 1.165) is 28.9 Å². The maximum Gasteiger partial charge on any atom is 0.249 e. The molecule has 1 aromatic heterocycles. The molecule has 1 heterocycles. The first-order chi connectivity index (χ1) is 11.9. The van der Waals surface area contributed by atoms with Gasteiger partial charge >= 0.3 is 0 Å². The third kappa shape index (κ3) is 3.88. The van der Waals surface area contributed by atoms with Crippen molar-refractivity contribution in [1.29, 1.82) is 0 Å². The molecule has 0 amide bonds. The summed E-state index contributed by atoms with van der Waals surface area (Å²) in [7, 11) is 0. The van der Waals surface area contributed by atoms with Gasteiger partial charge in [0.1, 0.15) is 0 Å². The first-order valence-electron chi connectivity index (χ1n) is 7.69. The van der Waals surface area contributed by atoms with Crippen LogP contribution in [0.25, 0.3) is 0 Å². The third-order valence-corrected chi connectivity index (χ3v) is 3.66. The highest BCUT2D eigenvalue weighted by Gasteiger charge is 2.08. The van der Waals surface area contributed by atoms with Crippen LogP contribution in [0, 0.1) is 32.4 Å². The zero-order valence-electron chi connectivity index (χ0n) is 14.1. The normalized spacial score (nSPS) is 10.6. The van der Waals surface area contributed by atoms with E-state index in [1.807, 2.05) is 20.8 Å². The Morgan fingerprint density at radius 2 is 1.60 bits per heavy atom. The fraction of sp³-hybridized carbons (Fsp3) is 0.167. The Bertz CT molecular complexity index is 904. The number of benzene rings is 2. The van der Waals surface area contributed by atoms with E-state index in [2.05, 4.69) is 37.9 Å². The average Bonchev–Trinajstić information content (AvgIpc) is 2.55. The van der Waals surface area contributed by atoms with Crippen molar-refractivity contribution in [3.63, 3.8) is 0 Å². The quantitative estimate of drug-likeness (QED) is 0.728. The molecule has 0 fully saturated rings. The molecule has 7 heteroatoms. The number of rotatable bonds is 4.